The van der Waals surface area contributed by atoms with Gasteiger partial charge in [0.15, 0.2) is 10.8 Å². The maximum absolute atomic E-state index is 6.38. The van der Waals surface area contributed by atoms with Gasteiger partial charge >= 0.3 is 0 Å². The number of rotatable bonds is 3. The van der Waals surface area contributed by atoms with Crippen LogP contribution >= 0.6 is 11.6 Å². The molecule has 1 aliphatic heterocycles. The molecule has 7 heteroatoms. The van der Waals surface area contributed by atoms with Crippen molar-refractivity contribution in [2.24, 2.45) is 0 Å². The van der Waals surface area contributed by atoms with Crippen molar-refractivity contribution in [3.8, 4) is 11.4 Å². The van der Waals surface area contributed by atoms with E-state index in [1.54, 1.807) is 0 Å². The van der Waals surface area contributed by atoms with E-state index in [4.69, 9.17) is 21.3 Å². The second kappa shape index (κ2) is 5.75. The summed E-state index contributed by atoms with van der Waals surface area (Å²) >= 11 is 6.38. The predicted octanol–water partition coefficient (Wildman–Crippen LogP) is 3.69. The fourth-order valence-electron chi connectivity index (χ4n) is 3.59. The van der Waals surface area contributed by atoms with Gasteiger partial charge in [0.05, 0.1) is 18.3 Å². The van der Waals surface area contributed by atoms with Crippen LogP contribution in [0.2, 0.25) is 5.15 Å². The highest BCUT2D eigenvalue weighted by Crippen LogP contribution is 2.44. The third-order valence-electron chi connectivity index (χ3n) is 4.92. The number of imidazole rings is 1. The van der Waals surface area contributed by atoms with Gasteiger partial charge in [-0.25, -0.2) is 15.0 Å². The van der Waals surface area contributed by atoms with Gasteiger partial charge in [-0.05, 0) is 38.3 Å². The standard InChI is InChI=1S/C18H18ClN5O/c1-10-21-16(19)15-18(22-10)24(12-6-8-25-9-12)17(23-15)13-3-2-7-20-14(13)11-4-5-11/h2-3,7,11-12H,4-6,8-9H2,1H3/t12-/m1/s1. The summed E-state index contributed by atoms with van der Waals surface area (Å²) in [6, 6.07) is 4.27. The predicted molar refractivity (Wildman–Crippen MR) is 94.7 cm³/mol. The molecule has 0 unspecified atom stereocenters. The van der Waals surface area contributed by atoms with Gasteiger partial charge in [-0.1, -0.05) is 11.6 Å². The first-order chi connectivity index (χ1) is 12.2. The molecule has 0 bridgehead atoms. The molecular formula is C18H18ClN5O. The minimum Gasteiger partial charge on any atom is -0.379 e. The lowest BCUT2D eigenvalue weighted by Crippen LogP contribution is -2.12. The Balaban J connectivity index is 1.80. The topological polar surface area (TPSA) is 65.7 Å². The first-order valence-corrected chi connectivity index (χ1v) is 9.05. The minimum absolute atomic E-state index is 0.206. The van der Waals surface area contributed by atoms with Gasteiger partial charge in [0.2, 0.25) is 0 Å². The Morgan fingerprint density at radius 3 is 2.84 bits per heavy atom. The molecule has 3 aromatic rings. The molecule has 5 rings (SSSR count). The Bertz CT molecular complexity index is 959. The van der Waals surface area contributed by atoms with Gasteiger partial charge in [0.1, 0.15) is 17.2 Å². The highest BCUT2D eigenvalue weighted by molar-refractivity contribution is 6.33. The van der Waals surface area contributed by atoms with Crippen LogP contribution in [0.5, 0.6) is 0 Å². The van der Waals surface area contributed by atoms with Crippen molar-refractivity contribution in [3.63, 3.8) is 0 Å². The van der Waals surface area contributed by atoms with Crippen molar-refractivity contribution < 1.29 is 4.74 Å². The van der Waals surface area contributed by atoms with Crippen LogP contribution < -0.4 is 0 Å². The van der Waals surface area contributed by atoms with E-state index in [0.717, 1.165) is 35.8 Å². The smallest absolute Gasteiger partial charge is 0.165 e. The molecule has 3 aromatic heterocycles. The number of hydrogen-bond donors (Lipinski definition) is 0. The zero-order chi connectivity index (χ0) is 17.0. The Hall–Kier alpha value is -2.05. The summed E-state index contributed by atoms with van der Waals surface area (Å²) in [6.07, 6.45) is 5.19. The Kier molecular flexibility index (Phi) is 3.50. The van der Waals surface area contributed by atoms with Crippen molar-refractivity contribution in [3.05, 3.63) is 35.0 Å². The van der Waals surface area contributed by atoms with Gasteiger partial charge < -0.3 is 9.30 Å². The maximum atomic E-state index is 6.38. The number of aromatic nitrogens is 5. The quantitative estimate of drug-likeness (QED) is 0.670. The molecule has 1 saturated heterocycles. The van der Waals surface area contributed by atoms with Crippen molar-refractivity contribution in [2.75, 3.05) is 13.2 Å². The van der Waals surface area contributed by atoms with E-state index in [1.807, 2.05) is 19.2 Å². The van der Waals surface area contributed by atoms with Crippen LogP contribution in [0.25, 0.3) is 22.6 Å². The second-order valence-corrected chi connectivity index (χ2v) is 7.13. The lowest BCUT2D eigenvalue weighted by Gasteiger charge is -2.16. The van der Waals surface area contributed by atoms with Crippen molar-refractivity contribution in [2.45, 2.75) is 38.1 Å². The third-order valence-corrected chi connectivity index (χ3v) is 5.19. The molecular weight excluding hydrogens is 338 g/mol. The molecule has 2 aliphatic rings. The fraction of sp³-hybridized carbons (Fsp3) is 0.444. The van der Waals surface area contributed by atoms with Crippen LogP contribution in [0.3, 0.4) is 0 Å². The van der Waals surface area contributed by atoms with Gasteiger partial charge in [0, 0.05) is 24.3 Å². The van der Waals surface area contributed by atoms with Crippen LogP contribution in [0.4, 0.5) is 0 Å². The average molecular weight is 356 g/mol. The summed E-state index contributed by atoms with van der Waals surface area (Å²) < 4.78 is 7.82. The summed E-state index contributed by atoms with van der Waals surface area (Å²) in [4.78, 5) is 18.4. The molecule has 1 atom stereocenters. The molecule has 1 aliphatic carbocycles. The first-order valence-electron chi connectivity index (χ1n) is 8.67. The molecule has 0 N–H and O–H groups in total. The molecule has 0 radical (unpaired) electrons. The number of ether oxygens (including phenoxy) is 1. The molecule has 4 heterocycles. The second-order valence-electron chi connectivity index (χ2n) is 6.77. The Morgan fingerprint density at radius 2 is 2.08 bits per heavy atom. The highest BCUT2D eigenvalue weighted by Gasteiger charge is 2.32. The van der Waals surface area contributed by atoms with E-state index in [0.29, 0.717) is 29.0 Å². The monoisotopic (exact) mass is 355 g/mol. The highest BCUT2D eigenvalue weighted by atomic mass is 35.5. The molecule has 1 saturated carbocycles. The summed E-state index contributed by atoms with van der Waals surface area (Å²) in [5.41, 5.74) is 3.63. The average Bonchev–Trinajstić information content (AvgIpc) is 3.17. The minimum atomic E-state index is 0.206. The molecule has 0 amide bonds. The zero-order valence-electron chi connectivity index (χ0n) is 13.9. The SMILES string of the molecule is Cc1nc(Cl)c2nc(-c3cccnc3C3CC3)n([C@@H]3CCOC3)c2n1. The molecule has 6 nitrogen and oxygen atoms in total. The van der Waals surface area contributed by atoms with Gasteiger partial charge in [-0.2, -0.15) is 0 Å². The molecule has 128 valence electrons. The largest absolute Gasteiger partial charge is 0.379 e. The summed E-state index contributed by atoms with van der Waals surface area (Å²) in [6.45, 7) is 3.27. The number of nitrogens with zero attached hydrogens (tertiary/aromatic N) is 5. The number of aryl methyl sites for hydroxylation is 1. The Labute approximate surface area is 150 Å². The molecule has 0 spiro atoms. The number of halogens is 1. The van der Waals surface area contributed by atoms with Gasteiger partial charge in [-0.3, -0.25) is 4.98 Å². The third kappa shape index (κ3) is 2.51. The number of pyridine rings is 1. The fourth-order valence-corrected chi connectivity index (χ4v) is 3.84. The summed E-state index contributed by atoms with van der Waals surface area (Å²) in [5, 5.41) is 0.401. The van der Waals surface area contributed by atoms with Crippen LogP contribution in [0.15, 0.2) is 18.3 Å². The first kappa shape index (κ1) is 15.2. The van der Waals surface area contributed by atoms with Crippen molar-refractivity contribution >= 4 is 22.8 Å². The van der Waals surface area contributed by atoms with Crippen molar-refractivity contribution in [1.29, 1.82) is 0 Å². The van der Waals surface area contributed by atoms with Gasteiger partial charge in [-0.15, -0.1) is 0 Å². The number of hydrogen-bond acceptors (Lipinski definition) is 5. The molecule has 0 aromatic carbocycles. The van der Waals surface area contributed by atoms with E-state index in [-0.39, 0.29) is 6.04 Å². The summed E-state index contributed by atoms with van der Waals surface area (Å²) in [5.74, 6) is 2.06. The lowest BCUT2D eigenvalue weighted by atomic mass is 10.1. The zero-order valence-corrected chi connectivity index (χ0v) is 14.7. The van der Waals surface area contributed by atoms with Crippen LogP contribution in [-0.4, -0.2) is 37.7 Å². The van der Waals surface area contributed by atoms with Crippen LogP contribution in [-0.2, 0) is 4.74 Å². The van der Waals surface area contributed by atoms with Crippen LogP contribution in [0.1, 0.15) is 42.7 Å². The van der Waals surface area contributed by atoms with E-state index in [1.165, 1.54) is 12.8 Å². The van der Waals surface area contributed by atoms with E-state index in [2.05, 4.69) is 25.6 Å². The summed E-state index contributed by atoms with van der Waals surface area (Å²) in [7, 11) is 0. The normalized spacial score (nSPS) is 20.5. The maximum Gasteiger partial charge on any atom is 0.165 e. The van der Waals surface area contributed by atoms with E-state index in [9.17, 15) is 0 Å². The van der Waals surface area contributed by atoms with Gasteiger partial charge in [0.25, 0.3) is 0 Å². The lowest BCUT2D eigenvalue weighted by molar-refractivity contribution is 0.187. The van der Waals surface area contributed by atoms with E-state index >= 15 is 0 Å². The van der Waals surface area contributed by atoms with Crippen molar-refractivity contribution in [1.82, 2.24) is 24.5 Å². The van der Waals surface area contributed by atoms with E-state index < -0.39 is 0 Å². The Morgan fingerprint density at radius 1 is 1.20 bits per heavy atom. The van der Waals surface area contributed by atoms with Crippen LogP contribution in [0, 0.1) is 6.92 Å². The number of fused-ring (bicyclic) bond motifs is 1. The molecule has 2 fully saturated rings. The molecule has 25 heavy (non-hydrogen) atoms.